The average Bonchev–Trinajstić information content (AvgIpc) is 2.39. The molecule has 0 aliphatic carbocycles. The number of halogens is 1. The molecule has 0 unspecified atom stereocenters. The Bertz CT molecular complexity index is 344. The Balaban J connectivity index is 2.88. The molecule has 0 saturated carbocycles. The maximum Gasteiger partial charge on any atom is 0.0891 e. The van der Waals surface area contributed by atoms with E-state index < -0.39 is 0 Å². The van der Waals surface area contributed by atoms with Crippen LogP contribution in [0.3, 0.4) is 0 Å². The van der Waals surface area contributed by atoms with Crippen LogP contribution in [0.15, 0.2) is 18.2 Å². The Morgan fingerprint density at radius 1 is 1.11 bits per heavy atom. The minimum absolute atomic E-state index is 0.585. The molecule has 0 aliphatic rings. The van der Waals surface area contributed by atoms with Crippen LogP contribution in [-0.4, -0.2) is 13.1 Å². The molecule has 1 aromatic rings. The fourth-order valence-corrected chi connectivity index (χ4v) is 2.05. The summed E-state index contributed by atoms with van der Waals surface area (Å²) >= 11 is 0. The summed E-state index contributed by atoms with van der Waals surface area (Å²) < 4.78 is 12.9. The molecule has 1 rings (SSSR count). The van der Waals surface area contributed by atoms with Crippen LogP contribution in [0.25, 0.3) is 0 Å². The van der Waals surface area contributed by atoms with Gasteiger partial charge in [-0.15, -0.1) is 4.48 Å². The van der Waals surface area contributed by atoms with Crippen molar-refractivity contribution in [3.8, 4) is 0 Å². The van der Waals surface area contributed by atoms with Gasteiger partial charge in [0.15, 0.2) is 0 Å². The summed E-state index contributed by atoms with van der Waals surface area (Å²) in [6.07, 6.45) is 4.60. The van der Waals surface area contributed by atoms with Crippen molar-refractivity contribution in [3.05, 3.63) is 23.8 Å². The number of nitrogens with one attached hydrogen (secondary N) is 1. The van der Waals surface area contributed by atoms with Crippen LogP contribution in [0.5, 0.6) is 0 Å². The van der Waals surface area contributed by atoms with Gasteiger partial charge >= 0.3 is 0 Å². The molecule has 102 valence electrons. The lowest BCUT2D eigenvalue weighted by Crippen LogP contribution is -2.26. The largest absolute Gasteiger partial charge is 0.370 e. The van der Waals surface area contributed by atoms with Crippen molar-refractivity contribution in [2.75, 3.05) is 23.5 Å². The number of rotatable bonds is 8. The molecule has 0 aliphatic heterocycles. The highest BCUT2D eigenvalue weighted by Gasteiger charge is 2.10. The normalized spacial score (nSPS) is 10.4. The van der Waals surface area contributed by atoms with Gasteiger partial charge in [-0.25, -0.2) is 5.54 Å². The van der Waals surface area contributed by atoms with Crippen molar-refractivity contribution < 1.29 is 4.48 Å². The van der Waals surface area contributed by atoms with Crippen LogP contribution in [0.4, 0.5) is 15.9 Å². The second-order valence-electron chi connectivity index (χ2n) is 4.81. The van der Waals surface area contributed by atoms with E-state index in [-0.39, 0.29) is 0 Å². The van der Waals surface area contributed by atoms with Crippen LogP contribution in [-0.2, 0) is 0 Å². The SMILES string of the molecule is CCCCN(CCCC)c1ccc(C)cc1NF. The van der Waals surface area contributed by atoms with Crippen molar-refractivity contribution >= 4 is 11.4 Å². The highest BCUT2D eigenvalue weighted by Crippen LogP contribution is 2.28. The molecule has 0 bridgehead atoms. The molecule has 0 radical (unpaired) electrons. The first-order chi connectivity index (χ1) is 8.72. The van der Waals surface area contributed by atoms with Crippen molar-refractivity contribution in [1.82, 2.24) is 0 Å². The monoisotopic (exact) mass is 252 g/mol. The molecular formula is C15H25FN2. The van der Waals surface area contributed by atoms with Crippen molar-refractivity contribution in [2.45, 2.75) is 46.5 Å². The topological polar surface area (TPSA) is 15.3 Å². The van der Waals surface area contributed by atoms with E-state index >= 15 is 0 Å². The average molecular weight is 252 g/mol. The molecule has 0 fully saturated rings. The number of anilines is 2. The molecule has 1 N–H and O–H groups in total. The lowest BCUT2D eigenvalue weighted by Gasteiger charge is -2.26. The van der Waals surface area contributed by atoms with Gasteiger partial charge in [-0.1, -0.05) is 32.8 Å². The number of hydrogen-bond donors (Lipinski definition) is 1. The van der Waals surface area contributed by atoms with Gasteiger partial charge in [0.25, 0.3) is 0 Å². The highest BCUT2D eigenvalue weighted by molar-refractivity contribution is 5.70. The van der Waals surface area contributed by atoms with E-state index in [2.05, 4.69) is 18.7 Å². The van der Waals surface area contributed by atoms with Crippen molar-refractivity contribution in [1.29, 1.82) is 0 Å². The van der Waals surface area contributed by atoms with Gasteiger partial charge in [-0.05, 0) is 37.5 Å². The third-order valence-electron chi connectivity index (χ3n) is 3.16. The van der Waals surface area contributed by atoms with Crippen molar-refractivity contribution in [3.63, 3.8) is 0 Å². The summed E-state index contributed by atoms with van der Waals surface area (Å²) in [5, 5.41) is 0. The van der Waals surface area contributed by atoms with Crippen LogP contribution in [0.1, 0.15) is 45.1 Å². The standard InChI is InChI=1S/C15H25FN2/c1-4-6-10-18(11-7-5-2)15-9-8-13(3)12-14(15)17-16/h8-9,12,17H,4-7,10-11H2,1-3H3. The number of benzene rings is 1. The molecule has 0 atom stereocenters. The van der Waals surface area contributed by atoms with E-state index in [1.165, 1.54) is 0 Å². The predicted octanol–water partition coefficient (Wildman–Crippen LogP) is 4.70. The second kappa shape index (κ2) is 7.96. The maximum absolute atomic E-state index is 12.9. The summed E-state index contributed by atoms with van der Waals surface area (Å²) in [5.41, 5.74) is 4.46. The Morgan fingerprint density at radius 2 is 1.72 bits per heavy atom. The predicted molar refractivity (Wildman–Crippen MR) is 77.9 cm³/mol. The van der Waals surface area contributed by atoms with Crippen LogP contribution in [0.2, 0.25) is 0 Å². The molecule has 0 amide bonds. The molecule has 2 nitrogen and oxygen atoms in total. The zero-order chi connectivity index (χ0) is 13.4. The molecule has 0 saturated heterocycles. The van der Waals surface area contributed by atoms with Crippen molar-refractivity contribution in [2.24, 2.45) is 0 Å². The van der Waals surface area contributed by atoms with Gasteiger partial charge in [0.1, 0.15) is 0 Å². The Hall–Kier alpha value is -1.25. The molecule has 3 heteroatoms. The minimum Gasteiger partial charge on any atom is -0.370 e. The first-order valence-corrected chi connectivity index (χ1v) is 6.95. The van der Waals surface area contributed by atoms with Crippen LogP contribution < -0.4 is 10.4 Å². The number of nitrogens with zero attached hydrogens (tertiary/aromatic N) is 1. The first kappa shape index (κ1) is 14.8. The number of unbranched alkanes of at least 4 members (excludes halogenated alkanes) is 2. The third kappa shape index (κ3) is 4.21. The van der Waals surface area contributed by atoms with Gasteiger partial charge in [-0.2, -0.15) is 0 Å². The summed E-state index contributed by atoms with van der Waals surface area (Å²) in [5.74, 6) is 0. The fourth-order valence-electron chi connectivity index (χ4n) is 2.05. The summed E-state index contributed by atoms with van der Waals surface area (Å²) in [7, 11) is 0. The quantitative estimate of drug-likeness (QED) is 0.675. The summed E-state index contributed by atoms with van der Waals surface area (Å²) in [4.78, 5) is 2.29. The highest BCUT2D eigenvalue weighted by atomic mass is 19.2. The molecule has 0 spiro atoms. The summed E-state index contributed by atoms with van der Waals surface area (Å²) in [6, 6.07) is 5.92. The van der Waals surface area contributed by atoms with Crippen LogP contribution >= 0.6 is 0 Å². The Labute approximate surface area is 110 Å². The maximum atomic E-state index is 12.9. The van der Waals surface area contributed by atoms with Gasteiger partial charge in [0.05, 0.1) is 11.4 Å². The van der Waals surface area contributed by atoms with Gasteiger partial charge < -0.3 is 4.90 Å². The van der Waals surface area contributed by atoms with E-state index in [0.29, 0.717) is 5.69 Å². The van der Waals surface area contributed by atoms with Gasteiger partial charge in [0.2, 0.25) is 0 Å². The lowest BCUT2D eigenvalue weighted by molar-refractivity contribution is 0.614. The van der Waals surface area contributed by atoms with Gasteiger partial charge in [-0.3, -0.25) is 0 Å². The summed E-state index contributed by atoms with van der Waals surface area (Å²) in [6.45, 7) is 8.33. The number of aryl methyl sites for hydroxylation is 1. The Morgan fingerprint density at radius 3 is 2.22 bits per heavy atom. The zero-order valence-corrected chi connectivity index (χ0v) is 11.8. The second-order valence-corrected chi connectivity index (χ2v) is 4.81. The fraction of sp³-hybridized carbons (Fsp3) is 0.600. The minimum atomic E-state index is 0.585. The van der Waals surface area contributed by atoms with E-state index in [4.69, 9.17) is 0 Å². The molecule has 0 aromatic heterocycles. The van der Waals surface area contributed by atoms with E-state index in [0.717, 1.165) is 50.0 Å². The zero-order valence-electron chi connectivity index (χ0n) is 11.8. The van der Waals surface area contributed by atoms with E-state index in [9.17, 15) is 4.48 Å². The van der Waals surface area contributed by atoms with E-state index in [1.54, 1.807) is 0 Å². The molecule has 0 heterocycles. The third-order valence-corrected chi connectivity index (χ3v) is 3.16. The first-order valence-electron chi connectivity index (χ1n) is 6.95. The molecule has 1 aromatic carbocycles. The lowest BCUT2D eigenvalue weighted by atomic mass is 10.1. The smallest absolute Gasteiger partial charge is 0.0891 e. The molecular weight excluding hydrogens is 227 g/mol. The Kier molecular flexibility index (Phi) is 6.55. The molecule has 18 heavy (non-hydrogen) atoms. The van der Waals surface area contributed by atoms with Gasteiger partial charge in [0, 0.05) is 13.1 Å². The number of hydrogen-bond acceptors (Lipinski definition) is 2. The van der Waals surface area contributed by atoms with E-state index in [1.807, 2.05) is 30.7 Å². The van der Waals surface area contributed by atoms with Crippen LogP contribution in [0, 0.1) is 6.92 Å².